The van der Waals surface area contributed by atoms with E-state index in [0.29, 0.717) is 17.7 Å². The van der Waals surface area contributed by atoms with Gasteiger partial charge in [0.2, 0.25) is 5.91 Å². The first-order chi connectivity index (χ1) is 9.27. The number of carbonyl (C=O) groups is 2. The van der Waals surface area contributed by atoms with Crippen molar-refractivity contribution in [3.05, 3.63) is 29.8 Å². The second kappa shape index (κ2) is 6.52. The summed E-state index contributed by atoms with van der Waals surface area (Å²) in [6.45, 7) is 3.70. The van der Waals surface area contributed by atoms with Crippen LogP contribution in [0.5, 0.6) is 0 Å². The van der Waals surface area contributed by atoms with Crippen molar-refractivity contribution in [3.8, 4) is 0 Å². The van der Waals surface area contributed by atoms with Crippen LogP contribution in [0.15, 0.2) is 24.3 Å². The SMILES string of the molecule is CCCC(C)(N)C(=O)Nc1ccc(C(=O)N(C)C)cc1. The van der Waals surface area contributed by atoms with Crippen molar-refractivity contribution < 1.29 is 9.59 Å². The Morgan fingerprint density at radius 2 is 1.80 bits per heavy atom. The Hall–Kier alpha value is -1.88. The van der Waals surface area contributed by atoms with Gasteiger partial charge in [0, 0.05) is 25.3 Å². The lowest BCUT2D eigenvalue weighted by atomic mass is 9.96. The lowest BCUT2D eigenvalue weighted by Crippen LogP contribution is -2.48. The summed E-state index contributed by atoms with van der Waals surface area (Å²) in [5, 5.41) is 2.77. The van der Waals surface area contributed by atoms with E-state index < -0.39 is 5.54 Å². The van der Waals surface area contributed by atoms with E-state index in [4.69, 9.17) is 5.73 Å². The number of nitrogens with zero attached hydrogens (tertiary/aromatic N) is 1. The molecule has 0 saturated heterocycles. The number of anilines is 1. The molecule has 0 aliphatic heterocycles. The first kappa shape index (κ1) is 16.2. The average Bonchev–Trinajstić information content (AvgIpc) is 2.38. The van der Waals surface area contributed by atoms with Crippen molar-refractivity contribution in [1.82, 2.24) is 4.90 Å². The van der Waals surface area contributed by atoms with Crippen molar-refractivity contribution in [3.63, 3.8) is 0 Å². The summed E-state index contributed by atoms with van der Waals surface area (Å²) in [6, 6.07) is 6.78. The molecule has 0 bridgehead atoms. The third-order valence-electron chi connectivity index (χ3n) is 3.08. The van der Waals surface area contributed by atoms with Crippen LogP contribution in [0.2, 0.25) is 0 Å². The van der Waals surface area contributed by atoms with Crippen LogP contribution < -0.4 is 11.1 Å². The van der Waals surface area contributed by atoms with Gasteiger partial charge in [-0.25, -0.2) is 0 Å². The zero-order valence-electron chi connectivity index (χ0n) is 12.6. The fourth-order valence-electron chi connectivity index (χ4n) is 1.86. The highest BCUT2D eigenvalue weighted by Crippen LogP contribution is 2.15. The van der Waals surface area contributed by atoms with Gasteiger partial charge < -0.3 is 16.0 Å². The molecular weight excluding hydrogens is 254 g/mol. The number of carbonyl (C=O) groups excluding carboxylic acids is 2. The van der Waals surface area contributed by atoms with Gasteiger partial charge in [0.1, 0.15) is 0 Å². The highest BCUT2D eigenvalue weighted by Gasteiger charge is 2.27. The molecule has 0 fully saturated rings. The van der Waals surface area contributed by atoms with E-state index in [2.05, 4.69) is 5.32 Å². The lowest BCUT2D eigenvalue weighted by Gasteiger charge is -2.22. The summed E-state index contributed by atoms with van der Waals surface area (Å²) in [6.07, 6.45) is 1.47. The third kappa shape index (κ3) is 4.06. The average molecular weight is 277 g/mol. The van der Waals surface area contributed by atoms with Gasteiger partial charge in [0.15, 0.2) is 0 Å². The molecule has 3 N–H and O–H groups in total. The van der Waals surface area contributed by atoms with Gasteiger partial charge in [-0.05, 0) is 37.6 Å². The summed E-state index contributed by atoms with van der Waals surface area (Å²) in [7, 11) is 3.39. The van der Waals surface area contributed by atoms with Gasteiger partial charge in [-0.3, -0.25) is 9.59 Å². The van der Waals surface area contributed by atoms with Crippen LogP contribution in [0.4, 0.5) is 5.69 Å². The Bertz CT molecular complexity index is 478. The number of nitrogens with one attached hydrogen (secondary N) is 1. The molecule has 1 aromatic carbocycles. The Morgan fingerprint density at radius 3 is 2.25 bits per heavy atom. The van der Waals surface area contributed by atoms with E-state index in [9.17, 15) is 9.59 Å². The van der Waals surface area contributed by atoms with E-state index >= 15 is 0 Å². The van der Waals surface area contributed by atoms with Gasteiger partial charge in [-0.2, -0.15) is 0 Å². The normalized spacial score (nSPS) is 13.4. The maximum atomic E-state index is 12.0. The molecule has 1 rings (SSSR count). The summed E-state index contributed by atoms with van der Waals surface area (Å²) in [5.74, 6) is -0.288. The second-order valence-electron chi connectivity index (χ2n) is 5.40. The minimum Gasteiger partial charge on any atom is -0.345 e. The molecule has 1 aromatic rings. The maximum absolute atomic E-state index is 12.0. The van der Waals surface area contributed by atoms with Gasteiger partial charge in [0.05, 0.1) is 5.54 Å². The van der Waals surface area contributed by atoms with Crippen LogP contribution in [0.25, 0.3) is 0 Å². The topological polar surface area (TPSA) is 75.4 Å². The fourth-order valence-corrected chi connectivity index (χ4v) is 1.86. The number of rotatable bonds is 5. The fraction of sp³-hybridized carbons (Fsp3) is 0.467. The van der Waals surface area contributed by atoms with E-state index in [0.717, 1.165) is 6.42 Å². The van der Waals surface area contributed by atoms with Crippen molar-refractivity contribution in [2.45, 2.75) is 32.2 Å². The Morgan fingerprint density at radius 1 is 1.25 bits per heavy atom. The molecule has 0 aliphatic rings. The molecule has 0 aliphatic carbocycles. The number of amides is 2. The number of hydrogen-bond donors (Lipinski definition) is 2. The van der Waals surface area contributed by atoms with Crippen molar-refractivity contribution in [1.29, 1.82) is 0 Å². The minimum atomic E-state index is -0.882. The van der Waals surface area contributed by atoms with E-state index in [-0.39, 0.29) is 11.8 Å². The van der Waals surface area contributed by atoms with Gasteiger partial charge in [-0.1, -0.05) is 13.3 Å². The molecule has 5 nitrogen and oxygen atoms in total. The van der Waals surface area contributed by atoms with Crippen molar-refractivity contribution >= 4 is 17.5 Å². The zero-order chi connectivity index (χ0) is 15.3. The van der Waals surface area contributed by atoms with Crippen LogP contribution in [0.1, 0.15) is 37.0 Å². The van der Waals surface area contributed by atoms with Crippen LogP contribution in [0, 0.1) is 0 Å². The second-order valence-corrected chi connectivity index (χ2v) is 5.40. The van der Waals surface area contributed by atoms with Crippen molar-refractivity contribution in [2.75, 3.05) is 19.4 Å². The Kier molecular flexibility index (Phi) is 5.27. The quantitative estimate of drug-likeness (QED) is 0.862. The third-order valence-corrected chi connectivity index (χ3v) is 3.08. The smallest absolute Gasteiger partial charge is 0.253 e. The predicted octanol–water partition coefficient (Wildman–Crippen LogP) is 1.84. The maximum Gasteiger partial charge on any atom is 0.253 e. The van der Waals surface area contributed by atoms with E-state index in [1.165, 1.54) is 4.90 Å². The van der Waals surface area contributed by atoms with Crippen LogP contribution >= 0.6 is 0 Å². The number of nitrogens with two attached hydrogens (primary N) is 1. The summed E-state index contributed by atoms with van der Waals surface area (Å²) < 4.78 is 0. The van der Waals surface area contributed by atoms with Crippen LogP contribution in [0.3, 0.4) is 0 Å². The van der Waals surface area contributed by atoms with Crippen molar-refractivity contribution in [2.24, 2.45) is 5.73 Å². The molecule has 0 aromatic heterocycles. The molecule has 0 spiro atoms. The first-order valence-electron chi connectivity index (χ1n) is 6.70. The molecule has 0 saturated carbocycles. The van der Waals surface area contributed by atoms with E-state index in [1.807, 2.05) is 6.92 Å². The molecule has 0 heterocycles. The van der Waals surface area contributed by atoms with E-state index in [1.54, 1.807) is 45.3 Å². The highest BCUT2D eigenvalue weighted by atomic mass is 16.2. The monoisotopic (exact) mass is 277 g/mol. The number of benzene rings is 1. The predicted molar refractivity (Wildman–Crippen MR) is 80.6 cm³/mol. The lowest BCUT2D eigenvalue weighted by molar-refractivity contribution is -0.120. The molecule has 0 radical (unpaired) electrons. The molecule has 2 amide bonds. The molecule has 1 atom stereocenters. The molecule has 20 heavy (non-hydrogen) atoms. The highest BCUT2D eigenvalue weighted by molar-refractivity contribution is 5.98. The van der Waals surface area contributed by atoms with Gasteiger partial charge >= 0.3 is 0 Å². The molecule has 5 heteroatoms. The molecule has 1 unspecified atom stereocenters. The first-order valence-corrected chi connectivity index (χ1v) is 6.70. The largest absolute Gasteiger partial charge is 0.345 e. The Balaban J connectivity index is 2.76. The molecule has 110 valence electrons. The molecular formula is C15H23N3O2. The Labute approximate surface area is 120 Å². The number of hydrogen-bond acceptors (Lipinski definition) is 3. The minimum absolute atomic E-state index is 0.0717. The standard InChI is InChI=1S/C15H23N3O2/c1-5-10-15(2,16)14(20)17-12-8-6-11(7-9-12)13(19)18(3)4/h6-9H,5,10,16H2,1-4H3,(H,17,20). The summed E-state index contributed by atoms with van der Waals surface area (Å²) >= 11 is 0. The van der Waals surface area contributed by atoms with Gasteiger partial charge in [0.25, 0.3) is 5.91 Å². The zero-order valence-corrected chi connectivity index (χ0v) is 12.6. The summed E-state index contributed by atoms with van der Waals surface area (Å²) in [4.78, 5) is 25.3. The van der Waals surface area contributed by atoms with Crippen LogP contribution in [-0.2, 0) is 4.79 Å². The van der Waals surface area contributed by atoms with Crippen LogP contribution in [-0.4, -0.2) is 36.3 Å². The van der Waals surface area contributed by atoms with Gasteiger partial charge in [-0.15, -0.1) is 0 Å². The summed E-state index contributed by atoms with van der Waals surface area (Å²) in [5.41, 5.74) is 6.30.